The third-order valence-electron chi connectivity index (χ3n) is 6.28. The molecule has 0 aromatic heterocycles. The second-order valence-electron chi connectivity index (χ2n) is 7.88. The van der Waals surface area contributed by atoms with Crippen molar-refractivity contribution in [3.63, 3.8) is 0 Å². The molecule has 1 aliphatic carbocycles. The molecule has 2 heterocycles. The first kappa shape index (κ1) is 20.4. The Balaban J connectivity index is 0.00000210. The zero-order chi connectivity index (χ0) is 18.1. The Morgan fingerprint density at radius 1 is 1.11 bits per heavy atom. The zero-order valence-corrected chi connectivity index (χ0v) is 17.0. The van der Waals surface area contributed by atoms with Crippen molar-refractivity contribution < 1.29 is 9.59 Å². The van der Waals surface area contributed by atoms with Crippen molar-refractivity contribution in [3.05, 3.63) is 34.9 Å². The topological polar surface area (TPSA) is 52.7 Å². The van der Waals surface area contributed by atoms with Gasteiger partial charge in [0.25, 0.3) is 0 Å². The summed E-state index contributed by atoms with van der Waals surface area (Å²) in [6.45, 7) is 4.65. The van der Waals surface area contributed by atoms with E-state index in [1.807, 2.05) is 34.1 Å². The molecule has 4 rings (SSSR count). The predicted octanol–water partition coefficient (Wildman–Crippen LogP) is 2.36. The van der Waals surface area contributed by atoms with Gasteiger partial charge in [-0.3, -0.25) is 9.59 Å². The minimum atomic E-state index is 0. The van der Waals surface area contributed by atoms with Crippen LogP contribution in [0, 0.1) is 11.3 Å². The maximum atomic E-state index is 12.8. The first-order valence-electron chi connectivity index (χ1n) is 9.59. The maximum absolute atomic E-state index is 12.8. The molecule has 1 aromatic carbocycles. The van der Waals surface area contributed by atoms with Crippen molar-refractivity contribution in [1.82, 2.24) is 15.1 Å². The monoisotopic (exact) mass is 411 g/mol. The van der Waals surface area contributed by atoms with Gasteiger partial charge in [-0.15, -0.1) is 12.4 Å². The van der Waals surface area contributed by atoms with Gasteiger partial charge in [0.15, 0.2) is 0 Å². The summed E-state index contributed by atoms with van der Waals surface area (Å²) in [6, 6.07) is 7.45. The molecule has 2 amide bonds. The first-order chi connectivity index (χ1) is 12.6. The van der Waals surface area contributed by atoms with E-state index in [0.717, 1.165) is 37.9 Å². The number of carbonyl (C=O) groups excluding carboxylic acids is 2. The van der Waals surface area contributed by atoms with E-state index in [-0.39, 0.29) is 29.6 Å². The molecular weight excluding hydrogens is 385 g/mol. The number of nitrogens with one attached hydrogen (secondary N) is 1. The van der Waals surface area contributed by atoms with Crippen LogP contribution in [0.4, 0.5) is 0 Å². The number of amides is 2. The number of halogens is 2. The number of benzene rings is 1. The van der Waals surface area contributed by atoms with Crippen LogP contribution in [0.3, 0.4) is 0 Å². The van der Waals surface area contributed by atoms with Gasteiger partial charge in [0.1, 0.15) is 0 Å². The Hall–Kier alpha value is -1.30. The van der Waals surface area contributed by atoms with Crippen molar-refractivity contribution in [2.24, 2.45) is 11.3 Å². The van der Waals surface area contributed by atoms with Crippen LogP contribution in [-0.2, 0) is 16.0 Å². The summed E-state index contributed by atoms with van der Waals surface area (Å²) in [4.78, 5) is 29.2. The van der Waals surface area contributed by atoms with Crippen molar-refractivity contribution in [2.75, 3.05) is 39.3 Å². The highest BCUT2D eigenvalue weighted by molar-refractivity contribution is 6.30. The van der Waals surface area contributed by atoms with Gasteiger partial charge in [0.05, 0.1) is 6.42 Å². The summed E-state index contributed by atoms with van der Waals surface area (Å²) >= 11 is 5.99. The highest BCUT2D eigenvalue weighted by Gasteiger charge is 2.58. The molecule has 0 bridgehead atoms. The third-order valence-corrected chi connectivity index (χ3v) is 6.51. The molecule has 0 radical (unpaired) electrons. The molecule has 1 unspecified atom stereocenters. The van der Waals surface area contributed by atoms with Crippen molar-refractivity contribution in [3.8, 4) is 0 Å². The lowest BCUT2D eigenvalue weighted by molar-refractivity contribution is -0.140. The molecule has 7 heteroatoms. The Labute approximate surface area is 171 Å². The molecule has 3 fully saturated rings. The molecule has 2 saturated heterocycles. The summed E-state index contributed by atoms with van der Waals surface area (Å²) in [6.07, 6.45) is 3.68. The van der Waals surface area contributed by atoms with Crippen LogP contribution in [0.15, 0.2) is 24.3 Å². The SMILES string of the molecule is Cl.O=C(Cc1cccc(Cl)c1)N1CCN(C(=O)C2CC23CCNCC3)CC1. The molecule has 3 aliphatic rings. The van der Waals surface area contributed by atoms with E-state index in [2.05, 4.69) is 5.32 Å². The fourth-order valence-corrected chi connectivity index (χ4v) is 4.72. The van der Waals surface area contributed by atoms with Crippen LogP contribution in [0.2, 0.25) is 5.02 Å². The van der Waals surface area contributed by atoms with Gasteiger partial charge < -0.3 is 15.1 Å². The lowest BCUT2D eigenvalue weighted by Gasteiger charge is -2.35. The first-order valence-corrected chi connectivity index (χ1v) is 9.97. The normalized spacial score (nSPS) is 23.7. The highest BCUT2D eigenvalue weighted by Crippen LogP contribution is 2.59. The highest BCUT2D eigenvalue weighted by atomic mass is 35.5. The minimum Gasteiger partial charge on any atom is -0.339 e. The molecular formula is C20H27Cl2N3O2. The van der Waals surface area contributed by atoms with E-state index >= 15 is 0 Å². The van der Waals surface area contributed by atoms with Crippen LogP contribution >= 0.6 is 24.0 Å². The zero-order valence-electron chi connectivity index (χ0n) is 15.5. The van der Waals surface area contributed by atoms with E-state index in [1.165, 1.54) is 0 Å². The number of piperidine rings is 1. The summed E-state index contributed by atoms with van der Waals surface area (Å²) in [5.41, 5.74) is 1.22. The number of hydrogen-bond donors (Lipinski definition) is 1. The summed E-state index contributed by atoms with van der Waals surface area (Å²) in [5.74, 6) is 0.646. The van der Waals surface area contributed by atoms with Gasteiger partial charge in [-0.1, -0.05) is 23.7 Å². The molecule has 1 aromatic rings. The van der Waals surface area contributed by atoms with Gasteiger partial charge in [-0.2, -0.15) is 0 Å². The fourth-order valence-electron chi connectivity index (χ4n) is 4.50. The molecule has 1 spiro atoms. The number of piperazine rings is 1. The molecule has 1 N–H and O–H groups in total. The second kappa shape index (κ2) is 8.38. The lowest BCUT2D eigenvalue weighted by atomic mass is 9.91. The minimum absolute atomic E-state index is 0. The van der Waals surface area contributed by atoms with Crippen LogP contribution in [0.5, 0.6) is 0 Å². The van der Waals surface area contributed by atoms with Crippen molar-refractivity contribution in [2.45, 2.75) is 25.7 Å². The molecule has 27 heavy (non-hydrogen) atoms. The van der Waals surface area contributed by atoms with Crippen LogP contribution in [0.25, 0.3) is 0 Å². The van der Waals surface area contributed by atoms with Crippen LogP contribution in [-0.4, -0.2) is 60.9 Å². The Morgan fingerprint density at radius 2 is 1.78 bits per heavy atom. The number of hydrogen-bond acceptors (Lipinski definition) is 3. The van der Waals surface area contributed by atoms with Crippen molar-refractivity contribution >= 4 is 35.8 Å². The van der Waals surface area contributed by atoms with E-state index in [1.54, 1.807) is 0 Å². The molecule has 1 atom stereocenters. The number of rotatable bonds is 3. The quantitative estimate of drug-likeness (QED) is 0.830. The summed E-state index contributed by atoms with van der Waals surface area (Å²) < 4.78 is 0. The van der Waals surface area contributed by atoms with Crippen LogP contribution < -0.4 is 5.32 Å². The van der Waals surface area contributed by atoms with E-state index in [9.17, 15) is 9.59 Å². The maximum Gasteiger partial charge on any atom is 0.227 e. The number of carbonyl (C=O) groups is 2. The lowest BCUT2D eigenvalue weighted by Crippen LogP contribution is -2.51. The summed E-state index contributed by atoms with van der Waals surface area (Å²) in [7, 11) is 0. The average molecular weight is 412 g/mol. The average Bonchev–Trinajstić information content (AvgIpc) is 3.34. The Bertz CT molecular complexity index is 698. The largest absolute Gasteiger partial charge is 0.339 e. The molecule has 148 valence electrons. The smallest absolute Gasteiger partial charge is 0.227 e. The van der Waals surface area contributed by atoms with E-state index in [4.69, 9.17) is 11.6 Å². The Kier molecular flexibility index (Phi) is 6.34. The van der Waals surface area contributed by atoms with E-state index < -0.39 is 0 Å². The van der Waals surface area contributed by atoms with E-state index in [0.29, 0.717) is 43.5 Å². The fraction of sp³-hybridized carbons (Fsp3) is 0.600. The second-order valence-corrected chi connectivity index (χ2v) is 8.32. The standard InChI is InChI=1S/C20H26ClN3O2.ClH/c21-16-3-1-2-15(12-16)13-18(25)23-8-10-24(11-9-23)19(26)17-14-20(17)4-6-22-7-5-20;/h1-3,12,17,22H,4-11,13-14H2;1H. The van der Waals surface area contributed by atoms with Crippen LogP contribution in [0.1, 0.15) is 24.8 Å². The summed E-state index contributed by atoms with van der Waals surface area (Å²) in [5, 5.41) is 4.04. The Morgan fingerprint density at radius 3 is 2.44 bits per heavy atom. The van der Waals surface area contributed by atoms with Gasteiger partial charge in [0.2, 0.25) is 11.8 Å². The van der Waals surface area contributed by atoms with Gasteiger partial charge in [0, 0.05) is 37.1 Å². The molecule has 2 aliphatic heterocycles. The predicted molar refractivity (Wildman–Crippen MR) is 108 cm³/mol. The van der Waals surface area contributed by atoms with Gasteiger partial charge >= 0.3 is 0 Å². The van der Waals surface area contributed by atoms with Gasteiger partial charge in [-0.05, 0) is 55.5 Å². The molecule has 5 nitrogen and oxygen atoms in total. The van der Waals surface area contributed by atoms with Gasteiger partial charge in [-0.25, -0.2) is 0 Å². The molecule has 1 saturated carbocycles. The van der Waals surface area contributed by atoms with Crippen molar-refractivity contribution in [1.29, 1.82) is 0 Å². The third kappa shape index (κ3) is 4.41. The number of nitrogens with zero attached hydrogens (tertiary/aromatic N) is 2.